The highest BCUT2D eigenvalue weighted by atomic mass is 32.2. The summed E-state index contributed by atoms with van der Waals surface area (Å²) in [6.45, 7) is 2.97. The minimum absolute atomic E-state index is 0.189. The third kappa shape index (κ3) is 3.81. The van der Waals surface area contributed by atoms with Crippen LogP contribution in [0.2, 0.25) is 0 Å². The SMILES string of the molecule is CCNC(CSc1cccc(F)c1)c1ccnn1C. The summed E-state index contributed by atoms with van der Waals surface area (Å²) in [6.07, 6.45) is 1.80. The van der Waals surface area contributed by atoms with E-state index in [1.54, 1.807) is 30.1 Å². The smallest absolute Gasteiger partial charge is 0.124 e. The molecule has 5 heteroatoms. The van der Waals surface area contributed by atoms with Gasteiger partial charge in [-0.3, -0.25) is 4.68 Å². The number of hydrogen-bond acceptors (Lipinski definition) is 3. The molecule has 0 bridgehead atoms. The Morgan fingerprint density at radius 2 is 2.26 bits per heavy atom. The maximum Gasteiger partial charge on any atom is 0.124 e. The zero-order chi connectivity index (χ0) is 13.7. The van der Waals surface area contributed by atoms with E-state index in [0.717, 1.165) is 22.9 Å². The van der Waals surface area contributed by atoms with E-state index in [2.05, 4.69) is 17.3 Å². The molecule has 0 saturated carbocycles. The number of hydrogen-bond donors (Lipinski definition) is 1. The Hall–Kier alpha value is -1.33. The molecule has 0 amide bonds. The van der Waals surface area contributed by atoms with Crippen molar-refractivity contribution in [2.75, 3.05) is 12.3 Å². The van der Waals surface area contributed by atoms with Crippen LogP contribution in [0.1, 0.15) is 18.7 Å². The molecule has 0 spiro atoms. The molecule has 0 aliphatic carbocycles. The third-order valence-corrected chi connectivity index (χ3v) is 3.97. The number of nitrogens with one attached hydrogen (secondary N) is 1. The molecule has 0 fully saturated rings. The van der Waals surface area contributed by atoms with Crippen molar-refractivity contribution in [3.8, 4) is 0 Å². The minimum Gasteiger partial charge on any atom is -0.308 e. The maximum absolute atomic E-state index is 13.1. The van der Waals surface area contributed by atoms with Gasteiger partial charge in [0.25, 0.3) is 0 Å². The fraction of sp³-hybridized carbons (Fsp3) is 0.357. The number of aromatic nitrogens is 2. The molecule has 0 radical (unpaired) electrons. The molecule has 2 aromatic rings. The van der Waals surface area contributed by atoms with Gasteiger partial charge < -0.3 is 5.32 Å². The van der Waals surface area contributed by atoms with E-state index >= 15 is 0 Å². The van der Waals surface area contributed by atoms with Crippen LogP contribution in [0.4, 0.5) is 4.39 Å². The monoisotopic (exact) mass is 279 g/mol. The number of rotatable bonds is 6. The van der Waals surface area contributed by atoms with E-state index in [0.29, 0.717) is 0 Å². The number of aryl methyl sites for hydroxylation is 1. The van der Waals surface area contributed by atoms with Gasteiger partial charge in [-0.1, -0.05) is 13.0 Å². The highest BCUT2D eigenvalue weighted by molar-refractivity contribution is 7.99. The van der Waals surface area contributed by atoms with E-state index in [1.807, 2.05) is 23.9 Å². The minimum atomic E-state index is -0.189. The summed E-state index contributed by atoms with van der Waals surface area (Å²) in [5, 5.41) is 7.63. The lowest BCUT2D eigenvalue weighted by molar-refractivity contribution is 0.552. The first-order valence-corrected chi connectivity index (χ1v) is 7.29. The molecule has 1 unspecified atom stereocenters. The summed E-state index contributed by atoms with van der Waals surface area (Å²) in [5.74, 6) is 0.655. The molecule has 102 valence electrons. The Balaban J connectivity index is 2.04. The average molecular weight is 279 g/mol. The Kier molecular flexibility index (Phi) is 4.99. The Bertz CT molecular complexity index is 527. The second-order valence-corrected chi connectivity index (χ2v) is 5.35. The Labute approximate surface area is 117 Å². The molecule has 1 atom stereocenters. The van der Waals surface area contributed by atoms with Crippen LogP contribution in [0.3, 0.4) is 0 Å². The summed E-state index contributed by atoms with van der Waals surface area (Å²) in [5.41, 5.74) is 1.14. The average Bonchev–Trinajstić information content (AvgIpc) is 2.81. The zero-order valence-corrected chi connectivity index (χ0v) is 12.0. The topological polar surface area (TPSA) is 29.9 Å². The van der Waals surface area contributed by atoms with Crippen LogP contribution >= 0.6 is 11.8 Å². The van der Waals surface area contributed by atoms with Gasteiger partial charge in [0.2, 0.25) is 0 Å². The fourth-order valence-corrected chi connectivity index (χ4v) is 2.98. The highest BCUT2D eigenvalue weighted by Crippen LogP contribution is 2.24. The van der Waals surface area contributed by atoms with Crippen molar-refractivity contribution < 1.29 is 4.39 Å². The van der Waals surface area contributed by atoms with Crippen LogP contribution in [0.15, 0.2) is 41.4 Å². The van der Waals surface area contributed by atoms with Crippen molar-refractivity contribution >= 4 is 11.8 Å². The second-order valence-electron chi connectivity index (χ2n) is 4.26. The normalized spacial score (nSPS) is 12.6. The first kappa shape index (κ1) is 14.1. The van der Waals surface area contributed by atoms with Crippen LogP contribution in [-0.2, 0) is 7.05 Å². The van der Waals surface area contributed by atoms with E-state index < -0.39 is 0 Å². The number of thioether (sulfide) groups is 1. The standard InChI is InChI=1S/C14H18FN3S/c1-3-16-13(14-7-8-17-18(14)2)10-19-12-6-4-5-11(15)9-12/h4-9,13,16H,3,10H2,1-2H3. The van der Waals surface area contributed by atoms with Gasteiger partial charge in [-0.2, -0.15) is 5.10 Å². The van der Waals surface area contributed by atoms with Gasteiger partial charge in [-0.15, -0.1) is 11.8 Å². The van der Waals surface area contributed by atoms with Gasteiger partial charge in [0.05, 0.1) is 11.7 Å². The van der Waals surface area contributed by atoms with E-state index in [4.69, 9.17) is 0 Å². The van der Waals surface area contributed by atoms with Crippen LogP contribution in [0, 0.1) is 5.82 Å². The predicted octanol–water partition coefficient (Wildman–Crippen LogP) is 3.00. The van der Waals surface area contributed by atoms with Crippen molar-refractivity contribution in [2.24, 2.45) is 7.05 Å². The van der Waals surface area contributed by atoms with E-state index in [-0.39, 0.29) is 11.9 Å². The van der Waals surface area contributed by atoms with Crippen LogP contribution in [-0.4, -0.2) is 22.1 Å². The van der Waals surface area contributed by atoms with Crippen LogP contribution < -0.4 is 5.32 Å². The zero-order valence-electron chi connectivity index (χ0n) is 11.1. The summed E-state index contributed by atoms with van der Waals surface area (Å²) < 4.78 is 15.0. The maximum atomic E-state index is 13.1. The summed E-state index contributed by atoms with van der Waals surface area (Å²) in [4.78, 5) is 0.949. The highest BCUT2D eigenvalue weighted by Gasteiger charge is 2.14. The van der Waals surface area contributed by atoms with Crippen LogP contribution in [0.5, 0.6) is 0 Å². The van der Waals surface area contributed by atoms with Gasteiger partial charge in [-0.05, 0) is 30.8 Å². The lowest BCUT2D eigenvalue weighted by Gasteiger charge is -2.17. The first-order valence-electron chi connectivity index (χ1n) is 6.30. The summed E-state index contributed by atoms with van der Waals surface area (Å²) in [6, 6.07) is 8.93. The van der Waals surface area contributed by atoms with Gasteiger partial charge in [0.15, 0.2) is 0 Å². The van der Waals surface area contributed by atoms with Crippen molar-refractivity contribution in [3.05, 3.63) is 48.0 Å². The summed E-state index contributed by atoms with van der Waals surface area (Å²) in [7, 11) is 1.94. The van der Waals surface area contributed by atoms with Gasteiger partial charge in [0, 0.05) is 23.9 Å². The fourth-order valence-electron chi connectivity index (χ4n) is 1.96. The molecule has 1 N–H and O–H groups in total. The molecule has 0 saturated heterocycles. The molecule has 1 aromatic heterocycles. The second kappa shape index (κ2) is 6.73. The van der Waals surface area contributed by atoms with Gasteiger partial charge in [0.1, 0.15) is 5.82 Å². The number of halogens is 1. The van der Waals surface area contributed by atoms with Crippen molar-refractivity contribution in [1.82, 2.24) is 15.1 Å². The van der Waals surface area contributed by atoms with Gasteiger partial charge in [-0.25, -0.2) is 4.39 Å². The summed E-state index contributed by atoms with van der Waals surface area (Å²) >= 11 is 1.65. The Morgan fingerprint density at radius 3 is 2.89 bits per heavy atom. The third-order valence-electron chi connectivity index (χ3n) is 2.88. The molecule has 2 rings (SSSR count). The molecule has 0 aliphatic heterocycles. The lowest BCUT2D eigenvalue weighted by atomic mass is 10.2. The van der Waals surface area contributed by atoms with Crippen molar-refractivity contribution in [3.63, 3.8) is 0 Å². The Morgan fingerprint density at radius 1 is 1.42 bits per heavy atom. The molecule has 1 heterocycles. The number of nitrogens with zero attached hydrogens (tertiary/aromatic N) is 2. The van der Waals surface area contributed by atoms with Crippen molar-refractivity contribution in [1.29, 1.82) is 0 Å². The first-order chi connectivity index (χ1) is 9.20. The van der Waals surface area contributed by atoms with Crippen LogP contribution in [0.25, 0.3) is 0 Å². The predicted molar refractivity (Wildman–Crippen MR) is 76.7 cm³/mol. The van der Waals surface area contributed by atoms with E-state index in [9.17, 15) is 4.39 Å². The van der Waals surface area contributed by atoms with E-state index in [1.165, 1.54) is 6.07 Å². The molecule has 1 aromatic carbocycles. The number of benzene rings is 1. The molecule has 19 heavy (non-hydrogen) atoms. The molecular formula is C14H18FN3S. The molecular weight excluding hydrogens is 261 g/mol. The molecule has 3 nitrogen and oxygen atoms in total. The lowest BCUT2D eigenvalue weighted by Crippen LogP contribution is -2.25. The molecule has 0 aliphatic rings. The largest absolute Gasteiger partial charge is 0.308 e. The van der Waals surface area contributed by atoms with Crippen molar-refractivity contribution in [2.45, 2.75) is 17.9 Å². The van der Waals surface area contributed by atoms with Gasteiger partial charge >= 0.3 is 0 Å². The quantitative estimate of drug-likeness (QED) is 0.824.